The van der Waals surface area contributed by atoms with Crippen LogP contribution in [0.2, 0.25) is 0 Å². The number of ether oxygens (including phenoxy) is 1. The average molecular weight is 307 g/mol. The van der Waals surface area contributed by atoms with Crippen LogP contribution in [0.4, 0.5) is 18.9 Å². The minimum Gasteiger partial charge on any atom is -0.406 e. The number of fused-ring (bicyclic) bond motifs is 1. The fourth-order valence-corrected chi connectivity index (χ4v) is 2.22. The molecule has 0 unspecified atom stereocenters. The standard InChI is InChI=1S/C15H8F3NO3/c16-15(17,18)22-10-7-5-9(6-8-10)19-13(20)11-3-1-2-4-12(11)14(19)21/h1-8H. The second kappa shape index (κ2) is 4.87. The molecule has 1 heterocycles. The zero-order chi connectivity index (χ0) is 15.9. The summed E-state index contributed by atoms with van der Waals surface area (Å²) in [6, 6.07) is 10.9. The second-order valence-corrected chi connectivity index (χ2v) is 4.53. The van der Waals surface area contributed by atoms with E-state index in [0.717, 1.165) is 17.0 Å². The average Bonchev–Trinajstić information content (AvgIpc) is 2.71. The molecule has 4 nitrogen and oxygen atoms in total. The zero-order valence-corrected chi connectivity index (χ0v) is 10.9. The van der Waals surface area contributed by atoms with Crippen LogP contribution in [-0.2, 0) is 0 Å². The highest BCUT2D eigenvalue weighted by molar-refractivity contribution is 6.34. The lowest BCUT2D eigenvalue weighted by molar-refractivity contribution is -0.274. The van der Waals surface area contributed by atoms with Gasteiger partial charge in [0.05, 0.1) is 16.8 Å². The highest BCUT2D eigenvalue weighted by Crippen LogP contribution is 2.30. The minimum absolute atomic E-state index is 0.181. The lowest BCUT2D eigenvalue weighted by atomic mass is 10.1. The summed E-state index contributed by atoms with van der Waals surface area (Å²) in [7, 11) is 0. The van der Waals surface area contributed by atoms with E-state index in [4.69, 9.17) is 0 Å². The van der Waals surface area contributed by atoms with Crippen molar-refractivity contribution >= 4 is 17.5 Å². The molecule has 0 aromatic heterocycles. The fraction of sp³-hybridized carbons (Fsp3) is 0.0667. The summed E-state index contributed by atoms with van der Waals surface area (Å²) in [5.74, 6) is -1.44. The number of amides is 2. The molecule has 0 saturated heterocycles. The SMILES string of the molecule is O=C1c2ccccc2C(=O)N1c1ccc(OC(F)(F)F)cc1. The summed E-state index contributed by atoms with van der Waals surface area (Å²) >= 11 is 0. The van der Waals surface area contributed by atoms with Crippen LogP contribution >= 0.6 is 0 Å². The lowest BCUT2D eigenvalue weighted by Crippen LogP contribution is -2.29. The predicted molar refractivity (Wildman–Crippen MR) is 70.7 cm³/mol. The monoisotopic (exact) mass is 307 g/mol. The summed E-state index contributed by atoms with van der Waals surface area (Å²) in [5, 5.41) is 0. The van der Waals surface area contributed by atoms with Crippen molar-refractivity contribution in [2.24, 2.45) is 0 Å². The Morgan fingerprint density at radius 2 is 1.32 bits per heavy atom. The normalized spacial score (nSPS) is 14.2. The van der Waals surface area contributed by atoms with Crippen LogP contribution in [-0.4, -0.2) is 18.2 Å². The Bertz CT molecular complexity index is 718. The summed E-state index contributed by atoms with van der Waals surface area (Å²) in [5.41, 5.74) is 0.715. The second-order valence-electron chi connectivity index (χ2n) is 4.53. The zero-order valence-electron chi connectivity index (χ0n) is 10.9. The van der Waals surface area contributed by atoms with Gasteiger partial charge in [0.2, 0.25) is 0 Å². The largest absolute Gasteiger partial charge is 0.573 e. The van der Waals surface area contributed by atoms with Crippen LogP contribution in [0, 0.1) is 0 Å². The molecule has 0 N–H and O–H groups in total. The third kappa shape index (κ3) is 2.41. The van der Waals surface area contributed by atoms with Crippen LogP contribution in [0.5, 0.6) is 5.75 Å². The first kappa shape index (κ1) is 14.1. The highest BCUT2D eigenvalue weighted by Gasteiger charge is 2.36. The molecule has 0 fully saturated rings. The van der Waals surface area contributed by atoms with Crippen molar-refractivity contribution in [3.05, 3.63) is 59.7 Å². The number of rotatable bonds is 2. The highest BCUT2D eigenvalue weighted by atomic mass is 19.4. The first-order chi connectivity index (χ1) is 10.4. The van der Waals surface area contributed by atoms with E-state index in [2.05, 4.69) is 4.74 Å². The molecule has 7 heteroatoms. The quantitative estimate of drug-likeness (QED) is 0.799. The maximum Gasteiger partial charge on any atom is 0.573 e. The summed E-state index contributed by atoms with van der Waals surface area (Å²) < 4.78 is 40.1. The number of imide groups is 1. The van der Waals surface area contributed by atoms with Gasteiger partial charge in [0.15, 0.2) is 0 Å². The van der Waals surface area contributed by atoms with Gasteiger partial charge in [-0.15, -0.1) is 13.2 Å². The number of hydrogen-bond acceptors (Lipinski definition) is 3. The molecule has 22 heavy (non-hydrogen) atoms. The van der Waals surface area contributed by atoms with Crippen molar-refractivity contribution in [3.63, 3.8) is 0 Å². The Balaban J connectivity index is 1.90. The number of benzene rings is 2. The molecule has 0 spiro atoms. The number of alkyl halides is 3. The van der Waals surface area contributed by atoms with Crippen molar-refractivity contribution in [2.75, 3.05) is 4.90 Å². The van der Waals surface area contributed by atoms with E-state index in [1.807, 2.05) is 0 Å². The summed E-state index contributed by atoms with van der Waals surface area (Å²) in [4.78, 5) is 25.3. The van der Waals surface area contributed by atoms with Gasteiger partial charge in [-0.3, -0.25) is 9.59 Å². The molecule has 1 aliphatic rings. The number of nitrogens with zero attached hydrogens (tertiary/aromatic N) is 1. The molecule has 0 bridgehead atoms. The molecule has 2 aromatic carbocycles. The molecule has 0 saturated carbocycles. The van der Waals surface area contributed by atoms with E-state index in [1.165, 1.54) is 24.3 Å². The van der Waals surface area contributed by atoms with Crippen LogP contribution in [0.1, 0.15) is 20.7 Å². The number of carbonyl (C=O) groups is 2. The molecule has 0 radical (unpaired) electrons. The van der Waals surface area contributed by atoms with Gasteiger partial charge in [0.1, 0.15) is 5.75 Å². The molecule has 1 aliphatic heterocycles. The van der Waals surface area contributed by atoms with Gasteiger partial charge in [-0.1, -0.05) is 12.1 Å². The maximum atomic E-state index is 12.2. The van der Waals surface area contributed by atoms with Gasteiger partial charge >= 0.3 is 6.36 Å². The van der Waals surface area contributed by atoms with Crippen LogP contribution in [0.3, 0.4) is 0 Å². The van der Waals surface area contributed by atoms with Gasteiger partial charge in [-0.25, -0.2) is 4.90 Å². The third-order valence-electron chi connectivity index (χ3n) is 3.12. The Labute approximate surface area is 122 Å². The van der Waals surface area contributed by atoms with E-state index in [-0.39, 0.29) is 16.8 Å². The number of carbonyl (C=O) groups excluding carboxylic acids is 2. The summed E-state index contributed by atoms with van der Waals surface area (Å²) in [6.07, 6.45) is -4.79. The van der Waals surface area contributed by atoms with Crippen molar-refractivity contribution in [1.29, 1.82) is 0 Å². The van der Waals surface area contributed by atoms with Crippen molar-refractivity contribution in [2.45, 2.75) is 6.36 Å². The topological polar surface area (TPSA) is 46.6 Å². The van der Waals surface area contributed by atoms with E-state index >= 15 is 0 Å². The van der Waals surface area contributed by atoms with Crippen LogP contribution in [0.15, 0.2) is 48.5 Å². The summed E-state index contributed by atoms with van der Waals surface area (Å²) in [6.45, 7) is 0. The number of halogens is 3. The smallest absolute Gasteiger partial charge is 0.406 e. The van der Waals surface area contributed by atoms with E-state index in [0.29, 0.717) is 0 Å². The minimum atomic E-state index is -4.79. The van der Waals surface area contributed by atoms with Gasteiger partial charge < -0.3 is 4.74 Å². The number of anilines is 1. The van der Waals surface area contributed by atoms with Crippen molar-refractivity contribution in [1.82, 2.24) is 0 Å². The molecule has 0 atom stereocenters. The van der Waals surface area contributed by atoms with Gasteiger partial charge in [0.25, 0.3) is 11.8 Å². The third-order valence-corrected chi connectivity index (χ3v) is 3.12. The number of hydrogen-bond donors (Lipinski definition) is 0. The van der Waals surface area contributed by atoms with Gasteiger partial charge in [0, 0.05) is 0 Å². The lowest BCUT2D eigenvalue weighted by Gasteiger charge is -2.15. The molecule has 112 valence electrons. The first-order valence-corrected chi connectivity index (χ1v) is 6.20. The van der Waals surface area contributed by atoms with E-state index < -0.39 is 23.9 Å². The Kier molecular flexibility index (Phi) is 3.13. The van der Waals surface area contributed by atoms with Crippen molar-refractivity contribution in [3.8, 4) is 5.75 Å². The van der Waals surface area contributed by atoms with E-state index in [9.17, 15) is 22.8 Å². The molecular weight excluding hydrogens is 299 g/mol. The molecular formula is C15H8F3NO3. The predicted octanol–water partition coefficient (Wildman–Crippen LogP) is 3.39. The van der Waals surface area contributed by atoms with Crippen LogP contribution < -0.4 is 9.64 Å². The molecule has 2 aromatic rings. The van der Waals surface area contributed by atoms with Gasteiger partial charge in [-0.2, -0.15) is 0 Å². The first-order valence-electron chi connectivity index (χ1n) is 6.20. The maximum absolute atomic E-state index is 12.2. The Hall–Kier alpha value is -2.83. The van der Waals surface area contributed by atoms with Crippen LogP contribution in [0.25, 0.3) is 0 Å². The molecule has 3 rings (SSSR count). The molecule has 0 aliphatic carbocycles. The molecule has 2 amide bonds. The Morgan fingerprint density at radius 3 is 1.77 bits per heavy atom. The van der Waals surface area contributed by atoms with Crippen molar-refractivity contribution < 1.29 is 27.5 Å². The van der Waals surface area contributed by atoms with Gasteiger partial charge in [-0.05, 0) is 36.4 Å². The Morgan fingerprint density at radius 1 is 0.818 bits per heavy atom. The fourth-order valence-electron chi connectivity index (χ4n) is 2.22. The van der Waals surface area contributed by atoms with E-state index in [1.54, 1.807) is 12.1 Å².